The second kappa shape index (κ2) is 6.71. The van der Waals surface area contributed by atoms with Crippen molar-refractivity contribution in [3.8, 4) is 28.2 Å². The Morgan fingerprint density at radius 2 is 1.32 bits per heavy atom. The van der Waals surface area contributed by atoms with Gasteiger partial charge < -0.3 is 5.73 Å². The van der Waals surface area contributed by atoms with Gasteiger partial charge in [0.15, 0.2) is 0 Å². The molecule has 0 atom stereocenters. The summed E-state index contributed by atoms with van der Waals surface area (Å²) in [6.07, 6.45) is 0. The van der Waals surface area contributed by atoms with Gasteiger partial charge in [0, 0.05) is 16.9 Å². The molecule has 3 nitrogen and oxygen atoms in total. The average Bonchev–Trinajstić information content (AvgIpc) is 3.15. The van der Waals surface area contributed by atoms with Crippen LogP contribution in [0.5, 0.6) is 0 Å². The highest BCUT2D eigenvalue weighted by molar-refractivity contribution is 5.84. The Bertz CT molecular complexity index is 1250. The normalized spacial score (nSPS) is 11.0. The summed E-state index contributed by atoms with van der Waals surface area (Å²) in [6.45, 7) is 0. The topological polar surface area (TPSA) is 43.8 Å². The molecule has 28 heavy (non-hydrogen) atoms. The van der Waals surface area contributed by atoms with Crippen molar-refractivity contribution in [2.75, 3.05) is 5.73 Å². The van der Waals surface area contributed by atoms with Gasteiger partial charge >= 0.3 is 0 Å². The van der Waals surface area contributed by atoms with Gasteiger partial charge in [-0.25, -0.2) is 4.98 Å². The number of nitrogens with two attached hydrogens (primary N) is 1. The Hall–Kier alpha value is -3.85. The molecule has 1 aromatic heterocycles. The number of fused-ring (bicyclic) bond motifs is 1. The van der Waals surface area contributed by atoms with E-state index in [1.165, 1.54) is 0 Å². The fraction of sp³-hybridized carbons (Fsp3) is 0. The van der Waals surface area contributed by atoms with Gasteiger partial charge in [-0.3, -0.25) is 4.57 Å². The quantitative estimate of drug-likeness (QED) is 0.404. The number of hydrogen-bond donors (Lipinski definition) is 1. The molecule has 0 aliphatic heterocycles. The molecule has 3 heteroatoms. The molecule has 134 valence electrons. The molecule has 0 saturated carbocycles. The van der Waals surface area contributed by atoms with Crippen LogP contribution < -0.4 is 5.73 Å². The maximum Gasteiger partial charge on any atom is 0.145 e. The Morgan fingerprint density at radius 3 is 2.14 bits per heavy atom. The van der Waals surface area contributed by atoms with Crippen LogP contribution in [0.15, 0.2) is 103 Å². The molecule has 4 aromatic carbocycles. The van der Waals surface area contributed by atoms with Gasteiger partial charge in [-0.1, -0.05) is 60.7 Å². The average molecular weight is 361 g/mol. The summed E-state index contributed by atoms with van der Waals surface area (Å²) in [7, 11) is 0. The molecular weight excluding hydrogens is 342 g/mol. The molecule has 5 aromatic rings. The maximum atomic E-state index is 5.84. The first kappa shape index (κ1) is 16.3. The lowest BCUT2D eigenvalue weighted by molar-refractivity contribution is 1.10. The molecule has 5 rings (SSSR count). The molecule has 2 N–H and O–H groups in total. The third kappa shape index (κ3) is 2.83. The number of nitrogens with zero attached hydrogens (tertiary/aromatic N) is 2. The second-order valence-electron chi connectivity index (χ2n) is 6.80. The Kier molecular flexibility index (Phi) is 3.91. The predicted molar refractivity (Wildman–Crippen MR) is 116 cm³/mol. The number of hydrogen-bond acceptors (Lipinski definition) is 2. The summed E-state index contributed by atoms with van der Waals surface area (Å²) in [6, 6.07) is 35.1. The first-order chi connectivity index (χ1) is 13.8. The first-order valence-electron chi connectivity index (χ1n) is 9.29. The van der Waals surface area contributed by atoms with Crippen LogP contribution in [0.4, 0.5) is 5.69 Å². The van der Waals surface area contributed by atoms with E-state index in [-0.39, 0.29) is 0 Å². The smallest absolute Gasteiger partial charge is 0.145 e. The van der Waals surface area contributed by atoms with Crippen molar-refractivity contribution < 1.29 is 0 Å². The van der Waals surface area contributed by atoms with Gasteiger partial charge in [-0.2, -0.15) is 0 Å². The number of aromatic nitrogens is 2. The molecule has 0 bridgehead atoms. The molecule has 1 heterocycles. The van der Waals surface area contributed by atoms with Crippen molar-refractivity contribution >= 4 is 16.7 Å². The zero-order chi connectivity index (χ0) is 18.9. The Labute approximate surface area is 163 Å². The van der Waals surface area contributed by atoms with Crippen LogP contribution in [0.3, 0.4) is 0 Å². The summed E-state index contributed by atoms with van der Waals surface area (Å²) < 4.78 is 2.22. The molecular formula is C25H19N3. The highest BCUT2D eigenvalue weighted by atomic mass is 15.1. The van der Waals surface area contributed by atoms with Crippen LogP contribution in [0.25, 0.3) is 39.2 Å². The van der Waals surface area contributed by atoms with Crippen LogP contribution in [0.1, 0.15) is 0 Å². The maximum absolute atomic E-state index is 5.84. The van der Waals surface area contributed by atoms with Crippen molar-refractivity contribution in [3.05, 3.63) is 103 Å². The minimum atomic E-state index is 0.769. The van der Waals surface area contributed by atoms with Gasteiger partial charge in [0.05, 0.1) is 11.0 Å². The molecule has 0 aliphatic rings. The zero-order valence-electron chi connectivity index (χ0n) is 15.3. The molecule has 0 unspecified atom stereocenters. The summed E-state index contributed by atoms with van der Waals surface area (Å²) in [5.74, 6) is 0.935. The van der Waals surface area contributed by atoms with Crippen molar-refractivity contribution in [1.29, 1.82) is 0 Å². The number of anilines is 1. The largest absolute Gasteiger partial charge is 0.399 e. The standard InChI is InChI=1S/C25H19N3/c26-21-15-13-18(14-16-21)19-7-6-8-20(17-19)25-27-23-11-4-5-12-24(23)28(25)22-9-2-1-3-10-22/h1-17H,26H2. The van der Waals surface area contributed by atoms with Crippen LogP contribution in [0, 0.1) is 0 Å². The predicted octanol–water partition coefficient (Wildman–Crippen LogP) is 5.94. The SMILES string of the molecule is Nc1ccc(-c2cccc(-c3nc4ccccc4n3-c3ccccc3)c2)cc1. The van der Waals surface area contributed by atoms with E-state index in [1.807, 2.05) is 24.3 Å². The van der Waals surface area contributed by atoms with E-state index >= 15 is 0 Å². The number of para-hydroxylation sites is 3. The van der Waals surface area contributed by atoms with E-state index in [0.717, 1.165) is 44.9 Å². The van der Waals surface area contributed by atoms with E-state index in [4.69, 9.17) is 10.7 Å². The van der Waals surface area contributed by atoms with E-state index in [9.17, 15) is 0 Å². The van der Waals surface area contributed by atoms with Crippen LogP contribution in [0.2, 0.25) is 0 Å². The minimum Gasteiger partial charge on any atom is -0.399 e. The molecule has 0 spiro atoms. The van der Waals surface area contributed by atoms with E-state index < -0.39 is 0 Å². The van der Waals surface area contributed by atoms with E-state index in [2.05, 4.69) is 83.4 Å². The number of imidazole rings is 1. The van der Waals surface area contributed by atoms with Crippen molar-refractivity contribution in [2.45, 2.75) is 0 Å². The first-order valence-corrected chi connectivity index (χ1v) is 9.29. The lowest BCUT2D eigenvalue weighted by Crippen LogP contribution is -1.97. The second-order valence-corrected chi connectivity index (χ2v) is 6.80. The Morgan fingerprint density at radius 1 is 0.607 bits per heavy atom. The fourth-order valence-electron chi connectivity index (χ4n) is 3.57. The number of nitrogen functional groups attached to an aromatic ring is 1. The minimum absolute atomic E-state index is 0.769. The highest BCUT2D eigenvalue weighted by Gasteiger charge is 2.14. The molecule has 0 radical (unpaired) electrons. The third-order valence-corrected chi connectivity index (χ3v) is 4.94. The van der Waals surface area contributed by atoms with Crippen molar-refractivity contribution in [2.24, 2.45) is 0 Å². The summed E-state index contributed by atoms with van der Waals surface area (Å²) >= 11 is 0. The summed E-state index contributed by atoms with van der Waals surface area (Å²) in [5, 5.41) is 0. The van der Waals surface area contributed by atoms with Crippen LogP contribution in [-0.4, -0.2) is 9.55 Å². The molecule has 0 aliphatic carbocycles. The van der Waals surface area contributed by atoms with Gasteiger partial charge in [0.1, 0.15) is 5.82 Å². The zero-order valence-corrected chi connectivity index (χ0v) is 15.3. The van der Waals surface area contributed by atoms with Crippen molar-refractivity contribution in [3.63, 3.8) is 0 Å². The van der Waals surface area contributed by atoms with Gasteiger partial charge in [-0.05, 0) is 53.6 Å². The Balaban J connectivity index is 1.72. The van der Waals surface area contributed by atoms with Gasteiger partial charge in [0.25, 0.3) is 0 Å². The lowest BCUT2D eigenvalue weighted by atomic mass is 10.0. The number of rotatable bonds is 3. The third-order valence-electron chi connectivity index (χ3n) is 4.94. The van der Waals surface area contributed by atoms with Gasteiger partial charge in [-0.15, -0.1) is 0 Å². The summed E-state index contributed by atoms with van der Waals surface area (Å²) in [5.41, 5.74) is 13.2. The van der Waals surface area contributed by atoms with Crippen LogP contribution in [-0.2, 0) is 0 Å². The lowest BCUT2D eigenvalue weighted by Gasteiger charge is -2.11. The van der Waals surface area contributed by atoms with E-state index in [1.54, 1.807) is 0 Å². The van der Waals surface area contributed by atoms with Crippen LogP contribution >= 0.6 is 0 Å². The summed E-state index contributed by atoms with van der Waals surface area (Å²) in [4.78, 5) is 4.95. The van der Waals surface area contributed by atoms with E-state index in [0.29, 0.717) is 0 Å². The number of benzene rings is 4. The van der Waals surface area contributed by atoms with Crippen molar-refractivity contribution in [1.82, 2.24) is 9.55 Å². The fourth-order valence-corrected chi connectivity index (χ4v) is 3.57. The molecule has 0 amide bonds. The monoisotopic (exact) mass is 361 g/mol. The molecule has 0 saturated heterocycles. The highest BCUT2D eigenvalue weighted by Crippen LogP contribution is 2.31. The van der Waals surface area contributed by atoms with Gasteiger partial charge in [0.2, 0.25) is 0 Å². The molecule has 0 fully saturated rings.